The number of benzene rings is 1. The molecule has 0 spiro atoms. The van der Waals surface area contributed by atoms with E-state index in [9.17, 15) is 13.2 Å². The SMILES string of the molecule is CCNC(=O)Cc1ccc(S(N)(=O)=O)cc1. The fourth-order valence-corrected chi connectivity index (χ4v) is 1.76. The van der Waals surface area contributed by atoms with Crippen LogP contribution in [-0.4, -0.2) is 20.9 Å². The average molecular weight is 242 g/mol. The van der Waals surface area contributed by atoms with Gasteiger partial charge in [0, 0.05) is 6.54 Å². The summed E-state index contributed by atoms with van der Waals surface area (Å²) in [5.74, 6) is -0.0918. The summed E-state index contributed by atoms with van der Waals surface area (Å²) in [7, 11) is -3.66. The Kier molecular flexibility index (Phi) is 4.03. The topological polar surface area (TPSA) is 89.3 Å². The number of sulfonamides is 1. The molecular weight excluding hydrogens is 228 g/mol. The first-order valence-corrected chi connectivity index (χ1v) is 6.36. The number of amides is 1. The van der Waals surface area contributed by atoms with E-state index >= 15 is 0 Å². The van der Waals surface area contributed by atoms with Gasteiger partial charge in [0.1, 0.15) is 0 Å². The van der Waals surface area contributed by atoms with Gasteiger partial charge in [-0.25, -0.2) is 13.6 Å². The highest BCUT2D eigenvalue weighted by molar-refractivity contribution is 7.89. The van der Waals surface area contributed by atoms with E-state index in [1.807, 2.05) is 6.92 Å². The molecule has 1 amide bonds. The Labute approximate surface area is 94.7 Å². The summed E-state index contributed by atoms with van der Waals surface area (Å²) in [4.78, 5) is 11.3. The molecule has 0 heterocycles. The quantitative estimate of drug-likeness (QED) is 0.779. The monoisotopic (exact) mass is 242 g/mol. The van der Waals surface area contributed by atoms with Crippen LogP contribution in [-0.2, 0) is 21.2 Å². The van der Waals surface area contributed by atoms with Gasteiger partial charge in [0.05, 0.1) is 11.3 Å². The number of carbonyl (C=O) groups is 1. The molecule has 0 saturated heterocycles. The first-order chi connectivity index (χ1) is 7.43. The van der Waals surface area contributed by atoms with Gasteiger partial charge in [-0.2, -0.15) is 0 Å². The van der Waals surface area contributed by atoms with Crippen molar-refractivity contribution in [3.63, 3.8) is 0 Å². The molecule has 3 N–H and O–H groups in total. The Bertz CT molecular complexity index is 465. The molecule has 0 aliphatic heterocycles. The van der Waals surface area contributed by atoms with Crippen LogP contribution in [0.1, 0.15) is 12.5 Å². The largest absolute Gasteiger partial charge is 0.356 e. The molecule has 0 aliphatic carbocycles. The lowest BCUT2D eigenvalue weighted by molar-refractivity contribution is -0.120. The Hall–Kier alpha value is -1.40. The van der Waals surface area contributed by atoms with Crippen molar-refractivity contribution in [1.82, 2.24) is 5.32 Å². The van der Waals surface area contributed by atoms with Crippen molar-refractivity contribution in [2.45, 2.75) is 18.2 Å². The highest BCUT2D eigenvalue weighted by Gasteiger charge is 2.07. The van der Waals surface area contributed by atoms with Crippen LogP contribution in [0.3, 0.4) is 0 Å². The fraction of sp³-hybridized carbons (Fsp3) is 0.300. The van der Waals surface area contributed by atoms with E-state index in [2.05, 4.69) is 5.32 Å². The minimum absolute atomic E-state index is 0.0483. The molecule has 0 aliphatic rings. The Balaban J connectivity index is 2.76. The molecule has 0 bridgehead atoms. The molecule has 0 atom stereocenters. The van der Waals surface area contributed by atoms with Crippen molar-refractivity contribution >= 4 is 15.9 Å². The maximum absolute atomic E-state index is 11.2. The van der Waals surface area contributed by atoms with Crippen molar-refractivity contribution in [2.24, 2.45) is 5.14 Å². The fourth-order valence-electron chi connectivity index (χ4n) is 1.24. The lowest BCUT2D eigenvalue weighted by Crippen LogP contribution is -2.24. The molecule has 1 aromatic carbocycles. The Morgan fingerprint density at radius 3 is 2.31 bits per heavy atom. The van der Waals surface area contributed by atoms with Crippen LogP contribution >= 0.6 is 0 Å². The summed E-state index contributed by atoms with van der Waals surface area (Å²) in [6, 6.07) is 5.94. The van der Waals surface area contributed by atoms with Gasteiger partial charge in [-0.3, -0.25) is 4.79 Å². The van der Waals surface area contributed by atoms with Gasteiger partial charge in [0.15, 0.2) is 0 Å². The van der Waals surface area contributed by atoms with Crippen LogP contribution in [0.5, 0.6) is 0 Å². The first kappa shape index (κ1) is 12.7. The maximum Gasteiger partial charge on any atom is 0.238 e. The van der Waals surface area contributed by atoms with E-state index in [1.165, 1.54) is 12.1 Å². The predicted octanol–water partition coefficient (Wildman–Crippen LogP) is 0.0126. The van der Waals surface area contributed by atoms with E-state index in [0.29, 0.717) is 6.54 Å². The lowest BCUT2D eigenvalue weighted by atomic mass is 10.1. The molecule has 88 valence electrons. The number of likely N-dealkylation sites (N-methyl/N-ethyl adjacent to an activating group) is 1. The third kappa shape index (κ3) is 3.63. The standard InChI is InChI=1S/C10H14N2O3S/c1-2-12-10(13)7-8-3-5-9(6-4-8)16(11,14)15/h3-6H,2,7H2,1H3,(H,12,13)(H2,11,14,15). The summed E-state index contributed by atoms with van der Waals surface area (Å²) in [6.07, 6.45) is 0.235. The second kappa shape index (κ2) is 5.09. The number of nitrogens with two attached hydrogens (primary N) is 1. The van der Waals surface area contributed by atoms with Crippen LogP contribution in [0, 0.1) is 0 Å². The van der Waals surface area contributed by atoms with Gasteiger partial charge in [0.25, 0.3) is 0 Å². The molecule has 16 heavy (non-hydrogen) atoms. The molecule has 1 rings (SSSR count). The lowest BCUT2D eigenvalue weighted by Gasteiger charge is -2.03. The van der Waals surface area contributed by atoms with Crippen LogP contribution in [0.4, 0.5) is 0 Å². The van der Waals surface area contributed by atoms with E-state index in [0.717, 1.165) is 5.56 Å². The number of nitrogens with one attached hydrogen (secondary N) is 1. The van der Waals surface area contributed by atoms with Gasteiger partial charge in [-0.1, -0.05) is 12.1 Å². The first-order valence-electron chi connectivity index (χ1n) is 4.82. The molecule has 1 aromatic rings. The molecule has 0 fully saturated rings. The number of hydrogen-bond donors (Lipinski definition) is 2. The van der Waals surface area contributed by atoms with Crippen molar-refractivity contribution < 1.29 is 13.2 Å². The van der Waals surface area contributed by atoms with Gasteiger partial charge in [0.2, 0.25) is 15.9 Å². The third-order valence-electron chi connectivity index (χ3n) is 1.99. The number of hydrogen-bond acceptors (Lipinski definition) is 3. The maximum atomic E-state index is 11.2. The summed E-state index contributed by atoms with van der Waals surface area (Å²) < 4.78 is 21.9. The van der Waals surface area contributed by atoms with Gasteiger partial charge in [-0.05, 0) is 24.6 Å². The van der Waals surface area contributed by atoms with Crippen molar-refractivity contribution in [1.29, 1.82) is 0 Å². The summed E-state index contributed by atoms with van der Waals surface area (Å²) in [5, 5.41) is 7.61. The van der Waals surface area contributed by atoms with Gasteiger partial charge >= 0.3 is 0 Å². The van der Waals surface area contributed by atoms with Crippen LogP contribution in [0.15, 0.2) is 29.2 Å². The highest BCUT2D eigenvalue weighted by atomic mass is 32.2. The zero-order chi connectivity index (χ0) is 12.2. The molecule has 0 unspecified atom stereocenters. The zero-order valence-corrected chi connectivity index (χ0v) is 9.75. The molecule has 0 aromatic heterocycles. The summed E-state index contributed by atoms with van der Waals surface area (Å²) in [6.45, 7) is 2.41. The number of rotatable bonds is 4. The zero-order valence-electron chi connectivity index (χ0n) is 8.93. The van der Waals surface area contributed by atoms with E-state index in [-0.39, 0.29) is 17.2 Å². The smallest absolute Gasteiger partial charge is 0.238 e. The Morgan fingerprint density at radius 1 is 1.31 bits per heavy atom. The average Bonchev–Trinajstić information content (AvgIpc) is 2.17. The van der Waals surface area contributed by atoms with Gasteiger partial charge in [-0.15, -0.1) is 0 Å². The van der Waals surface area contributed by atoms with Crippen LogP contribution < -0.4 is 10.5 Å². The summed E-state index contributed by atoms with van der Waals surface area (Å²) in [5.41, 5.74) is 0.748. The van der Waals surface area contributed by atoms with Crippen LogP contribution in [0.25, 0.3) is 0 Å². The second-order valence-electron chi connectivity index (χ2n) is 3.32. The number of primary sulfonamides is 1. The number of carbonyl (C=O) groups excluding carboxylic acids is 1. The third-order valence-corrected chi connectivity index (χ3v) is 2.92. The van der Waals surface area contributed by atoms with Crippen LogP contribution in [0.2, 0.25) is 0 Å². The van der Waals surface area contributed by atoms with E-state index < -0.39 is 10.0 Å². The van der Waals surface area contributed by atoms with E-state index in [4.69, 9.17) is 5.14 Å². The minimum Gasteiger partial charge on any atom is -0.356 e. The normalized spacial score (nSPS) is 11.1. The Morgan fingerprint density at radius 2 is 1.88 bits per heavy atom. The molecule has 0 radical (unpaired) electrons. The minimum atomic E-state index is -3.66. The molecule has 5 nitrogen and oxygen atoms in total. The van der Waals surface area contributed by atoms with E-state index in [1.54, 1.807) is 12.1 Å². The summed E-state index contributed by atoms with van der Waals surface area (Å²) >= 11 is 0. The molecule has 0 saturated carbocycles. The second-order valence-corrected chi connectivity index (χ2v) is 4.88. The molecular formula is C10H14N2O3S. The predicted molar refractivity (Wildman–Crippen MR) is 60.2 cm³/mol. The highest BCUT2D eigenvalue weighted by Crippen LogP contribution is 2.09. The van der Waals surface area contributed by atoms with Crippen molar-refractivity contribution in [3.05, 3.63) is 29.8 Å². The van der Waals surface area contributed by atoms with Gasteiger partial charge < -0.3 is 5.32 Å². The van der Waals surface area contributed by atoms with Crippen molar-refractivity contribution in [2.75, 3.05) is 6.54 Å². The molecule has 6 heteroatoms. The van der Waals surface area contributed by atoms with Crippen molar-refractivity contribution in [3.8, 4) is 0 Å².